The quantitative estimate of drug-likeness (QED) is 0.590. The van der Waals surface area contributed by atoms with E-state index in [0.29, 0.717) is 30.6 Å². The number of Topliss-reactive ketones (excluding diaryl/α,β-unsaturated/α-hetero) is 3. The molecule has 3 rings (SSSR count). The Morgan fingerprint density at radius 2 is 1.85 bits per heavy atom. The summed E-state index contributed by atoms with van der Waals surface area (Å²) in [5.41, 5.74) is 1.21. The molecule has 0 radical (unpaired) electrons. The number of sulfone groups is 1. The van der Waals surface area contributed by atoms with Crippen molar-refractivity contribution in [2.24, 2.45) is 5.92 Å². The van der Waals surface area contributed by atoms with Crippen molar-refractivity contribution in [1.29, 1.82) is 0 Å². The van der Waals surface area contributed by atoms with Crippen LogP contribution in [-0.2, 0) is 24.2 Å². The van der Waals surface area contributed by atoms with Gasteiger partial charge in [-0.1, -0.05) is 0 Å². The minimum absolute atomic E-state index is 0.00298. The molecule has 2 aliphatic rings. The van der Waals surface area contributed by atoms with Gasteiger partial charge in [0, 0.05) is 30.6 Å². The van der Waals surface area contributed by atoms with Crippen molar-refractivity contribution in [3.63, 3.8) is 0 Å². The summed E-state index contributed by atoms with van der Waals surface area (Å²) in [4.78, 5) is 37.4. The summed E-state index contributed by atoms with van der Waals surface area (Å²) in [7, 11) is -3.43. The molecule has 0 saturated heterocycles. The predicted octanol–water partition coefficient (Wildman–Crippen LogP) is 2.37. The highest BCUT2D eigenvalue weighted by Gasteiger charge is 2.39. The number of carbonyl (C=O) groups excluding carboxylic acids is 3. The van der Waals surface area contributed by atoms with E-state index >= 15 is 0 Å². The molecule has 1 heterocycles. The average molecular weight is 378 g/mol. The van der Waals surface area contributed by atoms with Crippen molar-refractivity contribution in [3.05, 3.63) is 28.8 Å². The van der Waals surface area contributed by atoms with Crippen molar-refractivity contribution in [2.75, 3.05) is 12.4 Å². The molecular formula is C19H22O6S. The van der Waals surface area contributed by atoms with Gasteiger partial charge in [-0.15, -0.1) is 0 Å². The van der Waals surface area contributed by atoms with Crippen LogP contribution in [0.5, 0.6) is 0 Å². The second kappa shape index (κ2) is 7.04. The van der Waals surface area contributed by atoms with E-state index in [4.69, 9.17) is 4.74 Å². The SMILES string of the molecule is CCOC1CCS(=O)(=O)c2ccc(C(=O)C3C(=O)CCCC3=O)c(C)c21. The molecule has 1 aromatic rings. The molecule has 0 spiro atoms. The highest BCUT2D eigenvalue weighted by Crippen LogP contribution is 2.38. The van der Waals surface area contributed by atoms with Gasteiger partial charge in [0.15, 0.2) is 27.2 Å². The van der Waals surface area contributed by atoms with Gasteiger partial charge < -0.3 is 4.74 Å². The smallest absolute Gasteiger partial charge is 0.181 e. The molecule has 1 aliphatic carbocycles. The minimum atomic E-state index is -3.43. The fraction of sp³-hybridized carbons (Fsp3) is 0.526. The molecule has 1 aliphatic heterocycles. The zero-order chi connectivity index (χ0) is 19.1. The van der Waals surface area contributed by atoms with Crippen molar-refractivity contribution in [1.82, 2.24) is 0 Å². The lowest BCUT2D eigenvalue weighted by Crippen LogP contribution is -2.36. The first kappa shape index (κ1) is 18.9. The van der Waals surface area contributed by atoms with E-state index in [1.807, 2.05) is 6.92 Å². The lowest BCUT2D eigenvalue weighted by Gasteiger charge is -2.28. The summed E-state index contributed by atoms with van der Waals surface area (Å²) < 4.78 is 30.5. The molecular weight excluding hydrogens is 356 g/mol. The predicted molar refractivity (Wildman–Crippen MR) is 93.9 cm³/mol. The molecule has 140 valence electrons. The molecule has 26 heavy (non-hydrogen) atoms. The maximum Gasteiger partial charge on any atom is 0.181 e. The Labute approximate surface area is 152 Å². The maximum absolute atomic E-state index is 12.9. The number of benzene rings is 1. The lowest BCUT2D eigenvalue weighted by molar-refractivity contribution is -0.133. The molecule has 7 heteroatoms. The molecule has 1 unspecified atom stereocenters. The highest BCUT2D eigenvalue weighted by molar-refractivity contribution is 7.91. The summed E-state index contributed by atoms with van der Waals surface area (Å²) in [6.45, 7) is 3.91. The van der Waals surface area contributed by atoms with Gasteiger partial charge in [-0.2, -0.15) is 0 Å². The van der Waals surface area contributed by atoms with Gasteiger partial charge in [0.25, 0.3) is 0 Å². The summed E-state index contributed by atoms with van der Waals surface area (Å²) in [6.07, 6.45) is 0.839. The Hall–Kier alpha value is -1.86. The largest absolute Gasteiger partial charge is 0.374 e. The van der Waals surface area contributed by atoms with Crippen LogP contribution in [0.15, 0.2) is 17.0 Å². The van der Waals surface area contributed by atoms with Crippen LogP contribution < -0.4 is 0 Å². The maximum atomic E-state index is 12.9. The van der Waals surface area contributed by atoms with Crippen LogP contribution >= 0.6 is 0 Å². The Morgan fingerprint density at radius 3 is 2.46 bits per heavy atom. The summed E-state index contributed by atoms with van der Waals surface area (Å²) in [6, 6.07) is 2.84. The van der Waals surface area contributed by atoms with Gasteiger partial charge >= 0.3 is 0 Å². The van der Waals surface area contributed by atoms with E-state index in [-0.39, 0.29) is 40.6 Å². The molecule has 0 N–H and O–H groups in total. The van der Waals surface area contributed by atoms with E-state index in [0.717, 1.165) is 0 Å². The molecule has 6 nitrogen and oxygen atoms in total. The van der Waals surface area contributed by atoms with E-state index < -0.39 is 27.6 Å². The van der Waals surface area contributed by atoms with Crippen LogP contribution in [0.25, 0.3) is 0 Å². The van der Waals surface area contributed by atoms with E-state index in [9.17, 15) is 22.8 Å². The Balaban J connectivity index is 2.10. The fourth-order valence-corrected chi connectivity index (χ4v) is 5.52. The van der Waals surface area contributed by atoms with Crippen molar-refractivity contribution >= 4 is 27.2 Å². The molecule has 0 bridgehead atoms. The first-order valence-electron chi connectivity index (χ1n) is 8.85. The summed E-state index contributed by atoms with van der Waals surface area (Å²) in [5.74, 6) is -2.49. The minimum Gasteiger partial charge on any atom is -0.374 e. The molecule has 1 aromatic carbocycles. The Bertz CT molecular complexity index is 868. The van der Waals surface area contributed by atoms with Crippen LogP contribution in [0.2, 0.25) is 0 Å². The third kappa shape index (κ3) is 3.14. The third-order valence-electron chi connectivity index (χ3n) is 5.17. The van der Waals surface area contributed by atoms with E-state index in [2.05, 4.69) is 0 Å². The number of ketones is 3. The van der Waals surface area contributed by atoms with Crippen LogP contribution in [-0.4, -0.2) is 38.1 Å². The van der Waals surface area contributed by atoms with Crippen LogP contribution in [0, 0.1) is 12.8 Å². The molecule has 1 atom stereocenters. The third-order valence-corrected chi connectivity index (χ3v) is 6.97. The molecule has 1 fully saturated rings. The number of hydrogen-bond donors (Lipinski definition) is 0. The van der Waals surface area contributed by atoms with Crippen molar-refractivity contribution < 1.29 is 27.5 Å². The van der Waals surface area contributed by atoms with Crippen LogP contribution in [0.1, 0.15) is 60.2 Å². The standard InChI is InChI=1S/C19H22O6S/c1-3-25-15-9-10-26(23,24)16-8-7-12(11(2)17(15)16)19(22)18-13(20)5-4-6-14(18)21/h7-8,15,18H,3-6,9-10H2,1-2H3. The van der Waals surface area contributed by atoms with Gasteiger partial charge in [0.1, 0.15) is 5.92 Å². The number of hydrogen-bond acceptors (Lipinski definition) is 6. The van der Waals surface area contributed by atoms with Gasteiger partial charge in [-0.25, -0.2) is 8.42 Å². The normalized spacial score (nSPS) is 22.9. The molecule has 0 aromatic heterocycles. The summed E-state index contributed by atoms with van der Waals surface area (Å²) in [5, 5.41) is 0. The summed E-state index contributed by atoms with van der Waals surface area (Å²) >= 11 is 0. The number of rotatable bonds is 4. The van der Waals surface area contributed by atoms with Crippen molar-refractivity contribution in [2.45, 2.75) is 50.5 Å². The Kier molecular flexibility index (Phi) is 5.12. The van der Waals surface area contributed by atoms with Crippen LogP contribution in [0.3, 0.4) is 0 Å². The first-order chi connectivity index (χ1) is 12.3. The zero-order valence-corrected chi connectivity index (χ0v) is 15.7. The van der Waals surface area contributed by atoms with Crippen LogP contribution in [0.4, 0.5) is 0 Å². The highest BCUT2D eigenvalue weighted by atomic mass is 32.2. The number of fused-ring (bicyclic) bond motifs is 1. The average Bonchev–Trinajstić information content (AvgIpc) is 2.57. The second-order valence-electron chi connectivity index (χ2n) is 6.78. The lowest BCUT2D eigenvalue weighted by atomic mass is 9.80. The topological polar surface area (TPSA) is 94.6 Å². The van der Waals surface area contributed by atoms with Gasteiger partial charge in [0.2, 0.25) is 0 Å². The second-order valence-corrected chi connectivity index (χ2v) is 8.86. The van der Waals surface area contributed by atoms with E-state index in [1.54, 1.807) is 6.92 Å². The number of carbonyl (C=O) groups is 3. The van der Waals surface area contributed by atoms with Gasteiger partial charge in [-0.3, -0.25) is 14.4 Å². The van der Waals surface area contributed by atoms with Gasteiger partial charge in [0.05, 0.1) is 16.8 Å². The monoisotopic (exact) mass is 378 g/mol. The van der Waals surface area contributed by atoms with E-state index in [1.165, 1.54) is 12.1 Å². The fourth-order valence-electron chi connectivity index (χ4n) is 3.88. The van der Waals surface area contributed by atoms with Gasteiger partial charge in [-0.05, 0) is 44.4 Å². The Morgan fingerprint density at radius 1 is 1.19 bits per heavy atom. The van der Waals surface area contributed by atoms with Crippen molar-refractivity contribution in [3.8, 4) is 0 Å². The first-order valence-corrected chi connectivity index (χ1v) is 10.5. The zero-order valence-electron chi connectivity index (χ0n) is 14.9. The number of ether oxygens (including phenoxy) is 1. The molecule has 1 saturated carbocycles. The molecule has 0 amide bonds.